The Morgan fingerprint density at radius 2 is 2.00 bits per heavy atom. The van der Waals surface area contributed by atoms with Crippen molar-refractivity contribution in [1.82, 2.24) is 5.43 Å². The van der Waals surface area contributed by atoms with Crippen molar-refractivity contribution in [2.45, 2.75) is 12.5 Å². The SMILES string of the molecule is C=CC(C)([O-])C[N+](C)(C)NC(=O)c1ccccc1. The van der Waals surface area contributed by atoms with E-state index in [9.17, 15) is 9.90 Å². The molecule has 18 heavy (non-hydrogen) atoms. The molecule has 1 aromatic carbocycles. The lowest BCUT2D eigenvalue weighted by Gasteiger charge is -2.40. The van der Waals surface area contributed by atoms with Gasteiger partial charge in [0, 0.05) is 5.56 Å². The average Bonchev–Trinajstić information content (AvgIpc) is 2.28. The van der Waals surface area contributed by atoms with Crippen LogP contribution in [0.3, 0.4) is 0 Å². The molecular formula is C14H20N2O2. The maximum absolute atomic E-state index is 12.0. The van der Waals surface area contributed by atoms with Crippen molar-refractivity contribution in [2.24, 2.45) is 0 Å². The minimum atomic E-state index is -1.27. The molecule has 0 aromatic heterocycles. The maximum Gasteiger partial charge on any atom is 0.295 e. The number of hydrogen-bond donors (Lipinski definition) is 1. The van der Waals surface area contributed by atoms with Crippen molar-refractivity contribution < 1.29 is 14.5 Å². The van der Waals surface area contributed by atoms with Crippen LogP contribution in [0.2, 0.25) is 0 Å². The maximum atomic E-state index is 12.0. The Balaban J connectivity index is 2.72. The molecule has 1 atom stereocenters. The van der Waals surface area contributed by atoms with Crippen LogP contribution in [0.5, 0.6) is 0 Å². The molecule has 0 radical (unpaired) electrons. The first-order valence-corrected chi connectivity index (χ1v) is 5.80. The second-order valence-electron chi connectivity index (χ2n) is 5.17. The molecular weight excluding hydrogens is 228 g/mol. The summed E-state index contributed by atoms with van der Waals surface area (Å²) in [6, 6.07) is 8.92. The second-order valence-corrected chi connectivity index (χ2v) is 5.17. The van der Waals surface area contributed by atoms with Crippen LogP contribution in [-0.2, 0) is 0 Å². The van der Waals surface area contributed by atoms with Crippen molar-refractivity contribution in [3.8, 4) is 0 Å². The smallest absolute Gasteiger partial charge is 0.295 e. The van der Waals surface area contributed by atoms with Gasteiger partial charge in [-0.1, -0.05) is 31.2 Å². The fraction of sp³-hybridized carbons (Fsp3) is 0.357. The Bertz CT molecular complexity index is 425. The third kappa shape index (κ3) is 4.31. The Labute approximate surface area is 108 Å². The molecule has 1 N–H and O–H groups in total. The number of benzene rings is 1. The van der Waals surface area contributed by atoms with E-state index in [-0.39, 0.29) is 17.0 Å². The normalized spacial score (nSPS) is 14.7. The van der Waals surface area contributed by atoms with Crippen LogP contribution in [0, 0.1) is 0 Å². The molecule has 1 rings (SSSR count). The number of carbonyl (C=O) groups excluding carboxylic acids is 1. The summed E-state index contributed by atoms with van der Waals surface area (Å²) in [6.45, 7) is 5.30. The molecule has 4 nitrogen and oxygen atoms in total. The summed E-state index contributed by atoms with van der Waals surface area (Å²) in [6.07, 6.45) is 1.36. The topological polar surface area (TPSA) is 52.2 Å². The van der Waals surface area contributed by atoms with Gasteiger partial charge in [-0.3, -0.25) is 4.79 Å². The molecule has 1 amide bonds. The summed E-state index contributed by atoms with van der Waals surface area (Å²) in [7, 11) is 3.56. The first-order chi connectivity index (χ1) is 8.26. The minimum absolute atomic E-state index is 0.111. The number of quaternary nitrogens is 1. The van der Waals surface area contributed by atoms with E-state index in [0.29, 0.717) is 5.56 Å². The zero-order chi connectivity index (χ0) is 13.8. The fourth-order valence-electron chi connectivity index (χ4n) is 1.82. The Kier molecular flexibility index (Phi) is 4.27. The second kappa shape index (κ2) is 5.33. The van der Waals surface area contributed by atoms with Crippen molar-refractivity contribution in [3.05, 3.63) is 48.6 Å². The highest BCUT2D eigenvalue weighted by molar-refractivity contribution is 5.93. The van der Waals surface area contributed by atoms with Crippen LogP contribution in [0.25, 0.3) is 0 Å². The summed E-state index contributed by atoms with van der Waals surface area (Å²) in [5.41, 5.74) is 2.12. The van der Waals surface area contributed by atoms with Crippen LogP contribution in [0.1, 0.15) is 17.3 Å². The number of nitrogens with zero attached hydrogens (tertiary/aromatic N) is 1. The number of carbonyl (C=O) groups is 1. The van der Waals surface area contributed by atoms with Crippen LogP contribution >= 0.6 is 0 Å². The van der Waals surface area contributed by atoms with E-state index in [1.165, 1.54) is 6.08 Å². The zero-order valence-electron chi connectivity index (χ0n) is 11.1. The molecule has 0 aliphatic carbocycles. The van der Waals surface area contributed by atoms with E-state index in [1.807, 2.05) is 6.07 Å². The predicted molar refractivity (Wildman–Crippen MR) is 69.5 cm³/mol. The first-order valence-electron chi connectivity index (χ1n) is 5.80. The molecule has 0 saturated carbocycles. The Hall–Kier alpha value is -1.65. The minimum Gasteiger partial charge on any atom is -0.843 e. The van der Waals surface area contributed by atoms with E-state index >= 15 is 0 Å². The lowest BCUT2D eigenvalue weighted by molar-refractivity contribution is -0.935. The number of nitrogens with one attached hydrogen (secondary N) is 1. The van der Waals surface area contributed by atoms with Gasteiger partial charge in [-0.05, 0) is 17.7 Å². The molecule has 1 unspecified atom stereocenters. The zero-order valence-corrected chi connectivity index (χ0v) is 11.1. The summed E-state index contributed by atoms with van der Waals surface area (Å²) >= 11 is 0. The van der Waals surface area contributed by atoms with Gasteiger partial charge >= 0.3 is 0 Å². The highest BCUT2D eigenvalue weighted by atomic mass is 16.3. The van der Waals surface area contributed by atoms with Gasteiger partial charge < -0.3 is 5.11 Å². The molecule has 98 valence electrons. The van der Waals surface area contributed by atoms with Crippen molar-refractivity contribution in [3.63, 3.8) is 0 Å². The van der Waals surface area contributed by atoms with Crippen molar-refractivity contribution >= 4 is 5.91 Å². The Morgan fingerprint density at radius 1 is 1.44 bits per heavy atom. The molecule has 4 heteroatoms. The lowest BCUT2D eigenvalue weighted by atomic mass is 10.1. The summed E-state index contributed by atoms with van der Waals surface area (Å²) in [4.78, 5) is 12.0. The van der Waals surface area contributed by atoms with Crippen LogP contribution < -0.4 is 10.5 Å². The largest absolute Gasteiger partial charge is 0.843 e. The van der Waals surface area contributed by atoms with Crippen molar-refractivity contribution in [1.29, 1.82) is 0 Å². The van der Waals surface area contributed by atoms with Gasteiger partial charge in [-0.2, -0.15) is 5.43 Å². The summed E-state index contributed by atoms with van der Waals surface area (Å²) < 4.78 is 0.111. The highest BCUT2D eigenvalue weighted by Gasteiger charge is 2.24. The van der Waals surface area contributed by atoms with Crippen molar-refractivity contribution in [2.75, 3.05) is 20.6 Å². The average molecular weight is 248 g/mol. The van der Waals surface area contributed by atoms with E-state index in [0.717, 1.165) is 0 Å². The predicted octanol–water partition coefficient (Wildman–Crippen LogP) is 0.713. The number of amides is 1. The number of rotatable bonds is 5. The van der Waals surface area contributed by atoms with Gasteiger partial charge in [-0.15, -0.1) is 6.58 Å². The van der Waals surface area contributed by atoms with Crippen LogP contribution in [-0.4, -0.2) is 36.7 Å². The molecule has 0 fully saturated rings. The standard InChI is InChI=1S/C14H20N2O2/c1-5-14(2,18)11-16(3,4)15-13(17)12-9-7-6-8-10-12/h5-10H,1,11H2,2-4H3,(H,15,17). The molecule has 1 aromatic rings. The van der Waals surface area contributed by atoms with Gasteiger partial charge in [0.2, 0.25) is 0 Å². The van der Waals surface area contributed by atoms with E-state index in [2.05, 4.69) is 12.0 Å². The molecule has 0 saturated heterocycles. The Morgan fingerprint density at radius 3 is 2.50 bits per heavy atom. The van der Waals surface area contributed by atoms with E-state index < -0.39 is 5.60 Å². The highest BCUT2D eigenvalue weighted by Crippen LogP contribution is 2.07. The molecule has 0 spiro atoms. The van der Waals surface area contributed by atoms with Gasteiger partial charge in [0.05, 0.1) is 20.6 Å². The van der Waals surface area contributed by atoms with Crippen LogP contribution in [0.15, 0.2) is 43.0 Å². The van der Waals surface area contributed by atoms with Gasteiger partial charge in [0.1, 0.15) is 0 Å². The molecule has 0 heterocycles. The summed E-state index contributed by atoms with van der Waals surface area (Å²) in [5, 5.41) is 11.9. The summed E-state index contributed by atoms with van der Waals surface area (Å²) in [5.74, 6) is -0.194. The van der Waals surface area contributed by atoms with Crippen LogP contribution in [0.4, 0.5) is 0 Å². The quantitative estimate of drug-likeness (QED) is 0.474. The number of likely N-dealkylation sites (N-methyl/N-ethyl adjacent to an activating group) is 1. The first kappa shape index (κ1) is 14.4. The third-order valence-electron chi connectivity index (χ3n) is 2.58. The van der Waals surface area contributed by atoms with E-state index in [4.69, 9.17) is 0 Å². The fourth-order valence-corrected chi connectivity index (χ4v) is 1.82. The number of hydrogen-bond acceptors (Lipinski definition) is 2. The molecule has 0 bridgehead atoms. The van der Waals surface area contributed by atoms with Gasteiger partial charge in [0.15, 0.2) is 0 Å². The lowest BCUT2D eigenvalue weighted by Crippen LogP contribution is -2.62. The van der Waals surface area contributed by atoms with Gasteiger partial charge in [-0.25, -0.2) is 4.59 Å². The van der Waals surface area contributed by atoms with Gasteiger partial charge in [0.25, 0.3) is 5.91 Å². The monoisotopic (exact) mass is 248 g/mol. The third-order valence-corrected chi connectivity index (χ3v) is 2.58. The molecule has 0 aliphatic rings. The molecule has 0 aliphatic heterocycles. The van der Waals surface area contributed by atoms with E-state index in [1.54, 1.807) is 45.3 Å².